The molecule has 1 spiro atoms. The van der Waals surface area contributed by atoms with E-state index in [1.807, 2.05) is 21.9 Å². The van der Waals surface area contributed by atoms with Crippen molar-refractivity contribution in [2.75, 3.05) is 39.9 Å². The summed E-state index contributed by atoms with van der Waals surface area (Å²) >= 11 is 5.89. The summed E-state index contributed by atoms with van der Waals surface area (Å²) in [5, 5.41) is 0.667. The molecule has 2 fully saturated rings. The van der Waals surface area contributed by atoms with Crippen molar-refractivity contribution < 1.29 is 14.3 Å². The quantitative estimate of drug-likeness (QED) is 0.806. The molecule has 2 aliphatic heterocycles. The number of carbonyl (C=O) groups excluding carboxylic acids is 2. The fraction of sp³-hybridized carbons (Fsp3) is 0.579. The Hall–Kier alpha value is -1.59. The van der Waals surface area contributed by atoms with Gasteiger partial charge in [-0.15, -0.1) is 0 Å². The predicted octanol–water partition coefficient (Wildman–Crippen LogP) is 2.37. The lowest BCUT2D eigenvalue weighted by atomic mass is 9.78. The van der Waals surface area contributed by atoms with E-state index in [4.69, 9.17) is 16.3 Å². The summed E-state index contributed by atoms with van der Waals surface area (Å²) in [4.78, 5) is 29.3. The van der Waals surface area contributed by atoms with Gasteiger partial charge in [0.15, 0.2) is 0 Å². The summed E-state index contributed by atoms with van der Waals surface area (Å²) in [7, 11) is 1.65. The maximum Gasteiger partial charge on any atom is 0.230 e. The number of hydrogen-bond acceptors (Lipinski definition) is 3. The van der Waals surface area contributed by atoms with Gasteiger partial charge in [0.25, 0.3) is 0 Å². The van der Waals surface area contributed by atoms with E-state index in [-0.39, 0.29) is 17.2 Å². The summed E-state index contributed by atoms with van der Waals surface area (Å²) < 4.78 is 5.11. The third kappa shape index (κ3) is 3.98. The van der Waals surface area contributed by atoms with Crippen molar-refractivity contribution >= 4 is 23.4 Å². The summed E-state index contributed by atoms with van der Waals surface area (Å²) in [5.74, 6) is 0.276. The van der Waals surface area contributed by atoms with Crippen molar-refractivity contribution in [2.24, 2.45) is 5.41 Å². The second kappa shape index (κ2) is 7.75. The van der Waals surface area contributed by atoms with Gasteiger partial charge in [0, 0.05) is 38.3 Å². The monoisotopic (exact) mass is 364 g/mol. The van der Waals surface area contributed by atoms with Crippen molar-refractivity contribution in [3.8, 4) is 0 Å². The van der Waals surface area contributed by atoms with Gasteiger partial charge in [-0.1, -0.05) is 23.7 Å². The fourth-order valence-electron chi connectivity index (χ4n) is 3.92. The molecule has 2 saturated heterocycles. The van der Waals surface area contributed by atoms with Crippen LogP contribution >= 0.6 is 11.6 Å². The largest absolute Gasteiger partial charge is 0.383 e. The molecule has 25 heavy (non-hydrogen) atoms. The first kappa shape index (κ1) is 18.2. The number of hydrogen-bond donors (Lipinski definition) is 0. The van der Waals surface area contributed by atoms with Gasteiger partial charge in [-0.05, 0) is 37.0 Å². The van der Waals surface area contributed by atoms with Gasteiger partial charge in [-0.2, -0.15) is 0 Å². The summed E-state index contributed by atoms with van der Waals surface area (Å²) in [6.45, 7) is 3.19. The smallest absolute Gasteiger partial charge is 0.230 e. The van der Waals surface area contributed by atoms with Gasteiger partial charge in [-0.25, -0.2) is 0 Å². The molecule has 136 valence electrons. The molecule has 0 radical (unpaired) electrons. The van der Waals surface area contributed by atoms with E-state index in [2.05, 4.69) is 0 Å². The van der Waals surface area contributed by atoms with Crippen LogP contribution in [0.1, 0.15) is 24.8 Å². The molecule has 1 atom stereocenters. The Morgan fingerprint density at radius 2 is 2.00 bits per heavy atom. The van der Waals surface area contributed by atoms with Crippen LogP contribution in [-0.2, 0) is 20.7 Å². The fourth-order valence-corrected chi connectivity index (χ4v) is 4.05. The average Bonchev–Trinajstić information content (AvgIpc) is 3.04. The van der Waals surface area contributed by atoms with Crippen LogP contribution in [0.3, 0.4) is 0 Å². The molecule has 6 heteroatoms. The molecule has 0 bridgehead atoms. The normalized spacial score (nSPS) is 23.5. The Morgan fingerprint density at radius 3 is 2.72 bits per heavy atom. The van der Waals surface area contributed by atoms with Gasteiger partial charge < -0.3 is 14.5 Å². The topological polar surface area (TPSA) is 49.9 Å². The van der Waals surface area contributed by atoms with E-state index < -0.39 is 0 Å². The van der Waals surface area contributed by atoms with E-state index in [1.165, 1.54) is 0 Å². The second-order valence-electron chi connectivity index (χ2n) is 7.04. The van der Waals surface area contributed by atoms with Gasteiger partial charge in [0.1, 0.15) is 0 Å². The highest BCUT2D eigenvalue weighted by atomic mass is 35.5. The van der Waals surface area contributed by atoms with Gasteiger partial charge in [0.05, 0.1) is 18.4 Å². The number of methoxy groups -OCH3 is 1. The molecule has 0 saturated carbocycles. The SMILES string of the molecule is COCCN1CCCC2(CCN(C(=O)Cc3ccc(Cl)cc3)C2)C1=O. The van der Waals surface area contributed by atoms with Gasteiger partial charge in [0.2, 0.25) is 11.8 Å². The van der Waals surface area contributed by atoms with Crippen LogP contribution in [0.2, 0.25) is 5.02 Å². The lowest BCUT2D eigenvalue weighted by molar-refractivity contribution is -0.146. The van der Waals surface area contributed by atoms with E-state index >= 15 is 0 Å². The number of benzene rings is 1. The molecule has 1 aromatic carbocycles. The molecule has 0 N–H and O–H groups in total. The number of carbonyl (C=O) groups is 2. The van der Waals surface area contributed by atoms with Crippen molar-refractivity contribution in [2.45, 2.75) is 25.7 Å². The van der Waals surface area contributed by atoms with Crippen LogP contribution < -0.4 is 0 Å². The summed E-state index contributed by atoms with van der Waals surface area (Å²) in [6, 6.07) is 7.36. The predicted molar refractivity (Wildman–Crippen MR) is 96.5 cm³/mol. The van der Waals surface area contributed by atoms with Gasteiger partial charge >= 0.3 is 0 Å². The molecule has 0 aromatic heterocycles. The lowest BCUT2D eigenvalue weighted by Gasteiger charge is -2.39. The minimum atomic E-state index is -0.387. The number of amides is 2. The number of piperidine rings is 1. The first-order valence-electron chi connectivity index (χ1n) is 8.85. The molecule has 1 aromatic rings. The highest BCUT2D eigenvalue weighted by Crippen LogP contribution is 2.40. The summed E-state index contributed by atoms with van der Waals surface area (Å²) in [5.41, 5.74) is 0.564. The van der Waals surface area contributed by atoms with Crippen LogP contribution in [0, 0.1) is 5.41 Å². The zero-order valence-electron chi connectivity index (χ0n) is 14.7. The Morgan fingerprint density at radius 1 is 1.24 bits per heavy atom. The average molecular weight is 365 g/mol. The van der Waals surface area contributed by atoms with Crippen molar-refractivity contribution in [3.05, 3.63) is 34.9 Å². The first-order chi connectivity index (χ1) is 12.0. The maximum absolute atomic E-state index is 12.9. The second-order valence-corrected chi connectivity index (χ2v) is 7.47. The van der Waals surface area contributed by atoms with E-state index in [0.717, 1.165) is 31.4 Å². The molecule has 3 rings (SSSR count). The van der Waals surface area contributed by atoms with Crippen LogP contribution in [0.4, 0.5) is 0 Å². The van der Waals surface area contributed by atoms with E-state index in [0.29, 0.717) is 37.7 Å². The van der Waals surface area contributed by atoms with Crippen LogP contribution in [0.5, 0.6) is 0 Å². The minimum Gasteiger partial charge on any atom is -0.383 e. The molecule has 2 amide bonds. The number of likely N-dealkylation sites (tertiary alicyclic amines) is 2. The molecular weight excluding hydrogens is 340 g/mol. The number of ether oxygens (including phenoxy) is 1. The van der Waals surface area contributed by atoms with Crippen LogP contribution in [-0.4, -0.2) is 61.5 Å². The Bertz CT molecular complexity index is 634. The molecule has 1 unspecified atom stereocenters. The van der Waals surface area contributed by atoms with E-state index in [1.54, 1.807) is 19.2 Å². The van der Waals surface area contributed by atoms with Crippen molar-refractivity contribution in [1.29, 1.82) is 0 Å². The van der Waals surface area contributed by atoms with Crippen LogP contribution in [0.15, 0.2) is 24.3 Å². The Balaban J connectivity index is 1.62. The zero-order valence-corrected chi connectivity index (χ0v) is 15.4. The molecule has 5 nitrogen and oxygen atoms in total. The molecule has 0 aliphatic carbocycles. The Kier molecular flexibility index (Phi) is 5.64. The van der Waals surface area contributed by atoms with Crippen molar-refractivity contribution in [1.82, 2.24) is 9.80 Å². The molecule has 2 heterocycles. The maximum atomic E-state index is 12.9. The van der Waals surface area contributed by atoms with Gasteiger partial charge in [-0.3, -0.25) is 9.59 Å². The number of nitrogens with zero attached hydrogens (tertiary/aromatic N) is 2. The summed E-state index contributed by atoms with van der Waals surface area (Å²) in [6.07, 6.45) is 2.99. The number of halogens is 1. The minimum absolute atomic E-state index is 0.0843. The first-order valence-corrected chi connectivity index (χ1v) is 9.22. The van der Waals surface area contributed by atoms with E-state index in [9.17, 15) is 9.59 Å². The highest BCUT2D eigenvalue weighted by Gasteiger charge is 2.49. The lowest BCUT2D eigenvalue weighted by Crippen LogP contribution is -2.51. The third-order valence-corrected chi connectivity index (χ3v) is 5.62. The number of rotatable bonds is 5. The van der Waals surface area contributed by atoms with Crippen molar-refractivity contribution in [3.63, 3.8) is 0 Å². The standard InChI is InChI=1S/C19H25ClN2O3/c1-25-12-11-21-9-2-7-19(18(21)24)8-10-22(14-19)17(23)13-15-3-5-16(20)6-4-15/h3-6H,2,7-14H2,1H3. The Labute approximate surface area is 153 Å². The molecule has 2 aliphatic rings. The zero-order chi connectivity index (χ0) is 17.9. The molecular formula is C19H25ClN2O3. The van der Waals surface area contributed by atoms with Crippen LogP contribution in [0.25, 0.3) is 0 Å². The highest BCUT2D eigenvalue weighted by molar-refractivity contribution is 6.30. The third-order valence-electron chi connectivity index (χ3n) is 5.36.